The lowest BCUT2D eigenvalue weighted by Crippen LogP contribution is -2.32. The largest absolute Gasteiger partial charge is 0.496 e. The molecule has 0 atom stereocenters. The van der Waals surface area contributed by atoms with Crippen LogP contribution in [0.3, 0.4) is 0 Å². The summed E-state index contributed by atoms with van der Waals surface area (Å²) in [6.45, 7) is 4.14. The van der Waals surface area contributed by atoms with Crippen LogP contribution in [0.15, 0.2) is 72.4 Å². The lowest BCUT2D eigenvalue weighted by atomic mass is 10.0. The fraction of sp³-hybridized carbons (Fsp3) is 0.154. The van der Waals surface area contributed by atoms with Crippen LogP contribution in [0.5, 0.6) is 5.75 Å². The molecule has 1 N–H and O–H groups in total. The molecule has 1 aliphatic heterocycles. The molecule has 0 unspecified atom stereocenters. The Labute approximate surface area is 192 Å². The maximum Gasteiger partial charge on any atom is 0.278 e. The molecular formula is C26H23ClN2O3. The Balaban J connectivity index is 1.75. The van der Waals surface area contributed by atoms with Gasteiger partial charge in [-0.25, -0.2) is 0 Å². The van der Waals surface area contributed by atoms with E-state index in [-0.39, 0.29) is 24.1 Å². The van der Waals surface area contributed by atoms with Crippen molar-refractivity contribution in [3.8, 4) is 5.75 Å². The van der Waals surface area contributed by atoms with E-state index in [0.717, 1.165) is 22.4 Å². The van der Waals surface area contributed by atoms with Crippen molar-refractivity contribution in [2.24, 2.45) is 0 Å². The van der Waals surface area contributed by atoms with Gasteiger partial charge in [-0.1, -0.05) is 48.0 Å². The number of carbonyl (C=O) groups excluding carboxylic acids is 2. The molecule has 32 heavy (non-hydrogen) atoms. The Hall–Kier alpha value is -3.57. The van der Waals surface area contributed by atoms with E-state index in [1.54, 1.807) is 31.4 Å². The zero-order chi connectivity index (χ0) is 22.8. The number of hydrogen-bond acceptors (Lipinski definition) is 4. The lowest BCUT2D eigenvalue weighted by Gasteiger charge is -2.17. The molecule has 0 radical (unpaired) electrons. The number of nitrogens with one attached hydrogen (secondary N) is 1. The van der Waals surface area contributed by atoms with Crippen molar-refractivity contribution in [2.45, 2.75) is 20.4 Å². The normalized spacial score (nSPS) is 13.7. The molecule has 0 aliphatic carbocycles. The zero-order valence-corrected chi connectivity index (χ0v) is 18.9. The third kappa shape index (κ3) is 4.12. The van der Waals surface area contributed by atoms with Crippen LogP contribution in [0.2, 0.25) is 5.02 Å². The second-order valence-corrected chi connectivity index (χ2v) is 8.13. The fourth-order valence-electron chi connectivity index (χ4n) is 3.69. The summed E-state index contributed by atoms with van der Waals surface area (Å²) in [4.78, 5) is 28.1. The minimum atomic E-state index is -0.385. The highest BCUT2D eigenvalue weighted by Crippen LogP contribution is 2.33. The van der Waals surface area contributed by atoms with Crippen LogP contribution in [0.1, 0.15) is 22.3 Å². The first kappa shape index (κ1) is 21.7. The van der Waals surface area contributed by atoms with Gasteiger partial charge in [-0.3, -0.25) is 14.5 Å². The van der Waals surface area contributed by atoms with Gasteiger partial charge in [0.15, 0.2) is 0 Å². The van der Waals surface area contributed by atoms with Gasteiger partial charge < -0.3 is 10.1 Å². The second-order valence-electron chi connectivity index (χ2n) is 7.69. The van der Waals surface area contributed by atoms with Gasteiger partial charge in [-0.15, -0.1) is 0 Å². The van der Waals surface area contributed by atoms with E-state index in [0.29, 0.717) is 21.9 Å². The first-order valence-electron chi connectivity index (χ1n) is 10.2. The predicted octanol–water partition coefficient (Wildman–Crippen LogP) is 5.36. The van der Waals surface area contributed by atoms with E-state index in [4.69, 9.17) is 16.3 Å². The van der Waals surface area contributed by atoms with Crippen LogP contribution in [0.25, 0.3) is 5.57 Å². The summed E-state index contributed by atoms with van der Waals surface area (Å²) < 4.78 is 5.40. The molecule has 4 rings (SSSR count). The molecule has 2 amide bonds. The smallest absolute Gasteiger partial charge is 0.278 e. The maximum atomic E-state index is 13.5. The Morgan fingerprint density at radius 1 is 0.906 bits per heavy atom. The number of hydrogen-bond donors (Lipinski definition) is 1. The van der Waals surface area contributed by atoms with Gasteiger partial charge in [0, 0.05) is 16.3 Å². The average molecular weight is 447 g/mol. The number of benzene rings is 3. The minimum Gasteiger partial charge on any atom is -0.496 e. The SMILES string of the molecule is COc1ccccc1CN1C(=O)C(Nc2ccc(C)c(C)c2)=C(c2ccc(Cl)cc2)C1=O. The van der Waals surface area contributed by atoms with Gasteiger partial charge in [0.1, 0.15) is 11.4 Å². The van der Waals surface area contributed by atoms with E-state index < -0.39 is 0 Å². The molecule has 162 valence electrons. The van der Waals surface area contributed by atoms with Crippen molar-refractivity contribution in [2.75, 3.05) is 12.4 Å². The number of amides is 2. The first-order chi connectivity index (χ1) is 15.4. The summed E-state index contributed by atoms with van der Waals surface area (Å²) >= 11 is 6.04. The highest BCUT2D eigenvalue weighted by Gasteiger charge is 2.39. The van der Waals surface area contributed by atoms with E-state index in [1.165, 1.54) is 4.90 Å². The number of nitrogens with zero attached hydrogens (tertiary/aromatic N) is 1. The van der Waals surface area contributed by atoms with Gasteiger partial charge in [0.05, 0.1) is 19.2 Å². The number of anilines is 1. The highest BCUT2D eigenvalue weighted by molar-refractivity contribution is 6.36. The zero-order valence-electron chi connectivity index (χ0n) is 18.1. The third-order valence-corrected chi connectivity index (χ3v) is 5.85. The van der Waals surface area contributed by atoms with Crippen LogP contribution in [0.4, 0.5) is 5.69 Å². The minimum absolute atomic E-state index is 0.108. The van der Waals surface area contributed by atoms with Crippen molar-refractivity contribution in [1.29, 1.82) is 0 Å². The summed E-state index contributed by atoms with van der Waals surface area (Å²) in [5, 5.41) is 3.76. The number of halogens is 1. The highest BCUT2D eigenvalue weighted by atomic mass is 35.5. The molecule has 0 spiro atoms. The Bertz CT molecular complexity index is 1230. The molecule has 1 aliphatic rings. The number of carbonyl (C=O) groups is 2. The number of para-hydroxylation sites is 1. The fourth-order valence-corrected chi connectivity index (χ4v) is 3.81. The van der Waals surface area contributed by atoms with E-state index >= 15 is 0 Å². The number of aryl methyl sites for hydroxylation is 2. The Kier molecular flexibility index (Phi) is 6.01. The van der Waals surface area contributed by atoms with Crippen molar-refractivity contribution in [1.82, 2.24) is 4.90 Å². The number of methoxy groups -OCH3 is 1. The molecule has 0 fully saturated rings. The lowest BCUT2D eigenvalue weighted by molar-refractivity contribution is -0.137. The summed E-state index contributed by atoms with van der Waals surface area (Å²) in [7, 11) is 1.57. The van der Waals surface area contributed by atoms with Gasteiger partial charge in [-0.05, 0) is 60.9 Å². The molecule has 0 saturated heterocycles. The van der Waals surface area contributed by atoms with Crippen LogP contribution >= 0.6 is 11.6 Å². The summed E-state index contributed by atoms with van der Waals surface area (Å²) in [6.07, 6.45) is 0. The molecule has 6 heteroatoms. The molecule has 0 bridgehead atoms. The van der Waals surface area contributed by atoms with Crippen molar-refractivity contribution in [3.63, 3.8) is 0 Å². The molecule has 3 aromatic rings. The standard InChI is InChI=1S/C26H23ClN2O3/c1-16-8-13-21(14-17(16)2)28-24-23(18-9-11-20(27)12-10-18)25(30)29(26(24)31)15-19-6-4-5-7-22(19)32-3/h4-14,28H,15H2,1-3H3. The van der Waals surface area contributed by atoms with Crippen LogP contribution < -0.4 is 10.1 Å². The summed E-state index contributed by atoms with van der Waals surface area (Å²) in [5.74, 6) is -0.129. The third-order valence-electron chi connectivity index (χ3n) is 5.60. The van der Waals surface area contributed by atoms with Gasteiger partial charge in [-0.2, -0.15) is 0 Å². The van der Waals surface area contributed by atoms with Crippen molar-refractivity contribution < 1.29 is 14.3 Å². The second kappa shape index (κ2) is 8.89. The number of ether oxygens (including phenoxy) is 1. The van der Waals surface area contributed by atoms with E-state index in [1.807, 2.05) is 56.3 Å². The van der Waals surface area contributed by atoms with Crippen molar-refractivity contribution >= 4 is 34.7 Å². The molecule has 3 aromatic carbocycles. The summed E-state index contributed by atoms with van der Waals surface area (Å²) in [6, 6.07) is 20.1. The van der Waals surface area contributed by atoms with Gasteiger partial charge in [0.2, 0.25) is 0 Å². The molecule has 0 saturated carbocycles. The monoisotopic (exact) mass is 446 g/mol. The predicted molar refractivity (Wildman–Crippen MR) is 126 cm³/mol. The van der Waals surface area contributed by atoms with Gasteiger partial charge >= 0.3 is 0 Å². The van der Waals surface area contributed by atoms with Crippen LogP contribution in [0, 0.1) is 13.8 Å². The summed E-state index contributed by atoms with van der Waals surface area (Å²) in [5.41, 5.74) is 4.92. The Morgan fingerprint density at radius 2 is 1.62 bits per heavy atom. The molecule has 5 nitrogen and oxygen atoms in total. The topological polar surface area (TPSA) is 58.6 Å². The average Bonchev–Trinajstić information content (AvgIpc) is 3.01. The van der Waals surface area contributed by atoms with E-state index in [9.17, 15) is 9.59 Å². The molecular weight excluding hydrogens is 424 g/mol. The van der Waals surface area contributed by atoms with E-state index in [2.05, 4.69) is 5.32 Å². The number of imide groups is 1. The van der Waals surface area contributed by atoms with Crippen LogP contribution in [-0.2, 0) is 16.1 Å². The first-order valence-corrected chi connectivity index (χ1v) is 10.6. The molecule has 0 aromatic heterocycles. The quantitative estimate of drug-likeness (QED) is 0.518. The molecule has 1 heterocycles. The maximum absolute atomic E-state index is 13.5. The van der Waals surface area contributed by atoms with Crippen LogP contribution in [-0.4, -0.2) is 23.8 Å². The van der Waals surface area contributed by atoms with Crippen molar-refractivity contribution in [3.05, 3.63) is 99.7 Å². The number of rotatable bonds is 6. The van der Waals surface area contributed by atoms with Gasteiger partial charge in [0.25, 0.3) is 11.8 Å². The Morgan fingerprint density at radius 3 is 2.31 bits per heavy atom.